The molecule has 0 aliphatic heterocycles. The van der Waals surface area contributed by atoms with Crippen LogP contribution < -0.4 is 10.1 Å². The number of esters is 1. The van der Waals surface area contributed by atoms with Crippen LogP contribution in [0.15, 0.2) is 24.3 Å². The zero-order valence-electron chi connectivity index (χ0n) is 13.0. The maximum absolute atomic E-state index is 11.9. The zero-order chi connectivity index (χ0) is 15.8. The monoisotopic (exact) mass is 305 g/mol. The molecule has 5 nitrogen and oxygen atoms in total. The van der Waals surface area contributed by atoms with Crippen molar-refractivity contribution in [1.82, 2.24) is 5.32 Å². The molecule has 1 aliphatic rings. The fraction of sp³-hybridized carbons (Fsp3) is 0.529. The summed E-state index contributed by atoms with van der Waals surface area (Å²) in [6, 6.07) is 6.91. The molecule has 1 aliphatic carbocycles. The number of carbonyl (C=O) groups excluding carboxylic acids is 2. The minimum Gasteiger partial charge on any atom is -0.494 e. The van der Waals surface area contributed by atoms with Crippen molar-refractivity contribution in [2.24, 2.45) is 0 Å². The van der Waals surface area contributed by atoms with Gasteiger partial charge in [0.05, 0.1) is 12.2 Å². The summed E-state index contributed by atoms with van der Waals surface area (Å²) in [5, 5.41) is 2.92. The van der Waals surface area contributed by atoms with E-state index >= 15 is 0 Å². The molecule has 5 heteroatoms. The Bertz CT molecular complexity index is 492. The Morgan fingerprint density at radius 1 is 1.14 bits per heavy atom. The summed E-state index contributed by atoms with van der Waals surface area (Å²) in [5.74, 6) is -0.0258. The van der Waals surface area contributed by atoms with E-state index in [9.17, 15) is 9.59 Å². The fourth-order valence-corrected chi connectivity index (χ4v) is 2.58. The number of nitrogens with one attached hydrogen (secondary N) is 1. The van der Waals surface area contributed by atoms with Crippen molar-refractivity contribution >= 4 is 11.9 Å². The largest absolute Gasteiger partial charge is 0.494 e. The van der Waals surface area contributed by atoms with Gasteiger partial charge in [-0.25, -0.2) is 4.79 Å². The fourth-order valence-electron chi connectivity index (χ4n) is 2.58. The predicted octanol–water partition coefficient (Wildman–Crippen LogP) is 2.69. The molecule has 2 rings (SSSR count). The lowest BCUT2D eigenvalue weighted by molar-refractivity contribution is -0.125. The van der Waals surface area contributed by atoms with Gasteiger partial charge in [-0.1, -0.05) is 19.3 Å². The van der Waals surface area contributed by atoms with Crippen LogP contribution in [0.25, 0.3) is 0 Å². The van der Waals surface area contributed by atoms with Crippen LogP contribution in [0.3, 0.4) is 0 Å². The third-order valence-electron chi connectivity index (χ3n) is 3.71. The van der Waals surface area contributed by atoms with Gasteiger partial charge >= 0.3 is 5.97 Å². The quantitative estimate of drug-likeness (QED) is 0.821. The predicted molar refractivity (Wildman–Crippen MR) is 82.9 cm³/mol. The lowest BCUT2D eigenvalue weighted by Crippen LogP contribution is -2.38. The number of carbonyl (C=O) groups is 2. The van der Waals surface area contributed by atoms with Crippen LogP contribution in [-0.4, -0.2) is 31.1 Å². The summed E-state index contributed by atoms with van der Waals surface area (Å²) in [6.07, 6.45) is 5.56. The SMILES string of the molecule is CCOc1ccc(C(=O)OCC(=O)NC2CCCCC2)cc1. The molecule has 22 heavy (non-hydrogen) atoms. The summed E-state index contributed by atoms with van der Waals surface area (Å²) >= 11 is 0. The van der Waals surface area contributed by atoms with Crippen molar-refractivity contribution in [2.45, 2.75) is 45.1 Å². The van der Waals surface area contributed by atoms with Gasteiger partial charge in [0.15, 0.2) is 6.61 Å². The maximum atomic E-state index is 11.9. The summed E-state index contributed by atoms with van der Waals surface area (Å²) in [4.78, 5) is 23.6. The van der Waals surface area contributed by atoms with Crippen LogP contribution in [0.5, 0.6) is 5.75 Å². The van der Waals surface area contributed by atoms with E-state index in [2.05, 4.69) is 5.32 Å². The molecule has 0 radical (unpaired) electrons. The van der Waals surface area contributed by atoms with Gasteiger partial charge in [0.25, 0.3) is 5.91 Å². The molecule has 0 saturated heterocycles. The first-order chi connectivity index (χ1) is 10.7. The molecule has 1 saturated carbocycles. The molecule has 120 valence electrons. The summed E-state index contributed by atoms with van der Waals surface area (Å²) in [7, 11) is 0. The molecule has 0 unspecified atom stereocenters. The number of ether oxygens (including phenoxy) is 2. The molecule has 1 aromatic rings. The second-order valence-corrected chi connectivity index (χ2v) is 5.44. The maximum Gasteiger partial charge on any atom is 0.338 e. The second kappa shape index (κ2) is 8.41. The highest BCUT2D eigenvalue weighted by atomic mass is 16.5. The average Bonchev–Trinajstić information content (AvgIpc) is 2.54. The second-order valence-electron chi connectivity index (χ2n) is 5.44. The molecule has 0 heterocycles. The van der Waals surface area contributed by atoms with Crippen LogP contribution in [-0.2, 0) is 9.53 Å². The number of benzene rings is 1. The first-order valence-electron chi connectivity index (χ1n) is 7.88. The lowest BCUT2D eigenvalue weighted by atomic mass is 9.95. The van der Waals surface area contributed by atoms with Crippen LogP contribution >= 0.6 is 0 Å². The van der Waals surface area contributed by atoms with E-state index in [1.54, 1.807) is 24.3 Å². The number of hydrogen-bond donors (Lipinski definition) is 1. The first-order valence-corrected chi connectivity index (χ1v) is 7.88. The molecule has 1 N–H and O–H groups in total. The van der Waals surface area contributed by atoms with Crippen LogP contribution in [0, 0.1) is 0 Å². The highest BCUT2D eigenvalue weighted by Crippen LogP contribution is 2.17. The standard InChI is InChI=1S/C17H23NO4/c1-2-21-15-10-8-13(9-11-15)17(20)22-12-16(19)18-14-6-4-3-5-7-14/h8-11,14H,2-7,12H2,1H3,(H,18,19). The van der Waals surface area contributed by atoms with E-state index in [0.29, 0.717) is 17.9 Å². The smallest absolute Gasteiger partial charge is 0.338 e. The van der Waals surface area contributed by atoms with Gasteiger partial charge in [-0.3, -0.25) is 4.79 Å². The molecule has 1 aromatic carbocycles. The lowest BCUT2D eigenvalue weighted by Gasteiger charge is -2.22. The van der Waals surface area contributed by atoms with Gasteiger partial charge in [-0.2, -0.15) is 0 Å². The molecule has 0 aromatic heterocycles. The minimum absolute atomic E-state index is 0.227. The molecule has 0 bridgehead atoms. The number of hydrogen-bond acceptors (Lipinski definition) is 4. The molecule has 1 amide bonds. The Hall–Kier alpha value is -2.04. The Morgan fingerprint density at radius 3 is 2.45 bits per heavy atom. The Labute approximate surface area is 131 Å². The van der Waals surface area contributed by atoms with Crippen molar-refractivity contribution in [3.8, 4) is 5.75 Å². The minimum atomic E-state index is -0.498. The van der Waals surface area contributed by atoms with E-state index in [1.807, 2.05) is 6.92 Å². The van der Waals surface area contributed by atoms with E-state index in [1.165, 1.54) is 6.42 Å². The van der Waals surface area contributed by atoms with Crippen LogP contribution in [0.4, 0.5) is 0 Å². The Morgan fingerprint density at radius 2 is 1.82 bits per heavy atom. The summed E-state index contributed by atoms with van der Waals surface area (Å²) in [5.41, 5.74) is 0.411. The average molecular weight is 305 g/mol. The van der Waals surface area contributed by atoms with Gasteiger partial charge in [0.2, 0.25) is 0 Å². The van der Waals surface area contributed by atoms with Crippen LogP contribution in [0.1, 0.15) is 49.4 Å². The normalized spacial score (nSPS) is 15.1. The highest BCUT2D eigenvalue weighted by molar-refractivity contribution is 5.91. The summed E-state index contributed by atoms with van der Waals surface area (Å²) < 4.78 is 10.3. The van der Waals surface area contributed by atoms with Crippen molar-refractivity contribution < 1.29 is 19.1 Å². The van der Waals surface area contributed by atoms with E-state index < -0.39 is 5.97 Å². The molecular weight excluding hydrogens is 282 g/mol. The zero-order valence-corrected chi connectivity index (χ0v) is 13.0. The number of amides is 1. The van der Waals surface area contributed by atoms with E-state index in [-0.39, 0.29) is 18.6 Å². The van der Waals surface area contributed by atoms with E-state index in [4.69, 9.17) is 9.47 Å². The Balaban J connectivity index is 1.75. The number of rotatable bonds is 6. The van der Waals surface area contributed by atoms with Crippen LogP contribution in [0.2, 0.25) is 0 Å². The highest BCUT2D eigenvalue weighted by Gasteiger charge is 2.17. The van der Waals surface area contributed by atoms with Crippen molar-refractivity contribution in [2.75, 3.05) is 13.2 Å². The topological polar surface area (TPSA) is 64.6 Å². The van der Waals surface area contributed by atoms with Gasteiger partial charge in [-0.15, -0.1) is 0 Å². The third-order valence-corrected chi connectivity index (χ3v) is 3.71. The molecule has 0 spiro atoms. The van der Waals surface area contributed by atoms with Crippen molar-refractivity contribution in [3.05, 3.63) is 29.8 Å². The molecular formula is C17H23NO4. The van der Waals surface area contributed by atoms with Gasteiger partial charge in [-0.05, 0) is 44.0 Å². The third kappa shape index (κ3) is 5.06. The van der Waals surface area contributed by atoms with Crippen molar-refractivity contribution in [3.63, 3.8) is 0 Å². The summed E-state index contributed by atoms with van der Waals surface area (Å²) in [6.45, 7) is 2.24. The van der Waals surface area contributed by atoms with Gasteiger partial charge in [0, 0.05) is 6.04 Å². The van der Waals surface area contributed by atoms with Gasteiger partial charge < -0.3 is 14.8 Å². The van der Waals surface area contributed by atoms with E-state index in [0.717, 1.165) is 25.7 Å². The first kappa shape index (κ1) is 16.3. The Kier molecular flexibility index (Phi) is 6.25. The van der Waals surface area contributed by atoms with Crippen molar-refractivity contribution in [1.29, 1.82) is 0 Å². The van der Waals surface area contributed by atoms with Gasteiger partial charge in [0.1, 0.15) is 5.75 Å². The molecule has 0 atom stereocenters. The molecule has 1 fully saturated rings.